The molecule has 11 heteroatoms. The van der Waals surface area contributed by atoms with E-state index in [2.05, 4.69) is 9.88 Å². The number of aromatic nitrogens is 1. The lowest BCUT2D eigenvalue weighted by molar-refractivity contribution is -0.155. The first-order valence-corrected chi connectivity index (χ1v) is 16.3. The highest BCUT2D eigenvalue weighted by Crippen LogP contribution is 2.43. The van der Waals surface area contributed by atoms with Crippen molar-refractivity contribution in [3.63, 3.8) is 0 Å². The van der Waals surface area contributed by atoms with Crippen molar-refractivity contribution in [1.82, 2.24) is 14.8 Å². The molecule has 2 amide bonds. The minimum Gasteiger partial charge on any atom is -0.465 e. The number of nitrogens with zero attached hydrogens (tertiary/aromatic N) is 4. The molecule has 0 radical (unpaired) electrons. The molecule has 45 heavy (non-hydrogen) atoms. The molecule has 0 N–H and O–H groups in total. The molecule has 0 aromatic carbocycles. The first-order chi connectivity index (χ1) is 21.7. The van der Waals surface area contributed by atoms with Gasteiger partial charge in [-0.3, -0.25) is 24.1 Å². The largest absolute Gasteiger partial charge is 0.465 e. The van der Waals surface area contributed by atoms with Gasteiger partial charge in [-0.2, -0.15) is 0 Å². The fourth-order valence-electron chi connectivity index (χ4n) is 6.58. The Bertz CT molecular complexity index is 1230. The van der Waals surface area contributed by atoms with Crippen molar-refractivity contribution in [3.8, 4) is 0 Å². The second-order valence-electron chi connectivity index (χ2n) is 12.3. The van der Waals surface area contributed by atoms with Crippen LogP contribution in [0.1, 0.15) is 87.8 Å². The van der Waals surface area contributed by atoms with Gasteiger partial charge in [-0.15, -0.1) is 0 Å². The van der Waals surface area contributed by atoms with Gasteiger partial charge in [0.25, 0.3) is 5.91 Å². The van der Waals surface area contributed by atoms with Crippen molar-refractivity contribution in [3.05, 3.63) is 48.0 Å². The maximum absolute atomic E-state index is 13.6. The molecular weight excluding hydrogens is 576 g/mol. The molecule has 4 rings (SSSR count). The van der Waals surface area contributed by atoms with Gasteiger partial charge >= 0.3 is 11.9 Å². The van der Waals surface area contributed by atoms with E-state index >= 15 is 0 Å². The Balaban J connectivity index is 1.39. The number of aryl methyl sites for hydroxylation is 1. The van der Waals surface area contributed by atoms with E-state index in [1.54, 1.807) is 37.1 Å². The van der Waals surface area contributed by atoms with Gasteiger partial charge in [0.05, 0.1) is 19.5 Å². The number of amides is 2. The van der Waals surface area contributed by atoms with Crippen LogP contribution < -0.4 is 4.90 Å². The van der Waals surface area contributed by atoms with Gasteiger partial charge in [0.15, 0.2) is 5.76 Å². The molecule has 0 bridgehead atoms. The monoisotopic (exact) mass is 624 g/mol. The normalized spacial score (nSPS) is 17.0. The third-order valence-electron chi connectivity index (χ3n) is 9.02. The van der Waals surface area contributed by atoms with E-state index in [9.17, 15) is 19.2 Å². The van der Waals surface area contributed by atoms with Crippen LogP contribution in [0.15, 0.2) is 41.1 Å². The standard InChI is InChI=1S/C34H48N4O7/c1-4-43-31(40)24-37(25-32(41)44-5-2)30(39)22-34(15-7-6-8-16-34)17-20-36-18-13-27(14-19-36)38(29-12-11-26(3)23-35-29)33(42)28-10-9-21-45-28/h9-12,21,23,27H,4-8,13-20,22,24-25H2,1-3H3. The maximum Gasteiger partial charge on any atom is 0.325 e. The van der Waals surface area contributed by atoms with Gasteiger partial charge in [-0.1, -0.05) is 25.3 Å². The van der Waals surface area contributed by atoms with Gasteiger partial charge in [-0.05, 0) is 88.6 Å². The zero-order valence-electron chi connectivity index (χ0n) is 27.0. The van der Waals surface area contributed by atoms with Crippen molar-refractivity contribution >= 4 is 29.6 Å². The second-order valence-corrected chi connectivity index (χ2v) is 12.3. The van der Waals surface area contributed by atoms with Crippen molar-refractivity contribution in [2.45, 2.75) is 84.6 Å². The molecule has 246 valence electrons. The topological polar surface area (TPSA) is 122 Å². The second kappa shape index (κ2) is 16.5. The number of carbonyl (C=O) groups excluding carboxylic acids is 4. The fourth-order valence-corrected chi connectivity index (χ4v) is 6.58. The summed E-state index contributed by atoms with van der Waals surface area (Å²) in [6, 6.07) is 7.24. The summed E-state index contributed by atoms with van der Waals surface area (Å²) in [5, 5.41) is 0. The molecule has 11 nitrogen and oxygen atoms in total. The zero-order valence-corrected chi connectivity index (χ0v) is 27.0. The van der Waals surface area contributed by atoms with Crippen LogP contribution in [0.25, 0.3) is 0 Å². The van der Waals surface area contributed by atoms with Crippen molar-refractivity contribution in [1.29, 1.82) is 0 Å². The summed E-state index contributed by atoms with van der Waals surface area (Å²) < 4.78 is 15.6. The van der Waals surface area contributed by atoms with Gasteiger partial charge in [0.2, 0.25) is 5.91 Å². The number of carbonyl (C=O) groups is 4. The van der Waals surface area contributed by atoms with E-state index < -0.39 is 11.9 Å². The number of ether oxygens (including phenoxy) is 2. The number of anilines is 1. The summed E-state index contributed by atoms with van der Waals surface area (Å²) in [6.45, 7) is 7.75. The molecule has 1 aliphatic heterocycles. The van der Waals surface area contributed by atoms with E-state index in [0.29, 0.717) is 11.6 Å². The van der Waals surface area contributed by atoms with Crippen LogP contribution in [-0.4, -0.2) is 90.5 Å². The summed E-state index contributed by atoms with van der Waals surface area (Å²) in [4.78, 5) is 61.7. The van der Waals surface area contributed by atoms with Gasteiger partial charge in [-0.25, -0.2) is 4.98 Å². The molecule has 1 aliphatic carbocycles. The number of piperidine rings is 1. The molecule has 2 aromatic heterocycles. The number of rotatable bonds is 14. The average molecular weight is 625 g/mol. The number of hydrogen-bond acceptors (Lipinski definition) is 9. The maximum atomic E-state index is 13.6. The molecule has 0 unspecified atom stereocenters. The van der Waals surface area contributed by atoms with Crippen molar-refractivity contribution in [2.24, 2.45) is 5.41 Å². The Morgan fingerprint density at radius 2 is 1.64 bits per heavy atom. The fraction of sp³-hybridized carbons (Fsp3) is 0.618. The van der Waals surface area contributed by atoms with Crippen LogP contribution in [-0.2, 0) is 23.9 Å². The number of pyridine rings is 1. The molecule has 2 aliphatic rings. The molecule has 1 saturated carbocycles. The number of furan rings is 1. The molecule has 2 fully saturated rings. The quantitative estimate of drug-likeness (QED) is 0.273. The highest BCUT2D eigenvalue weighted by molar-refractivity contribution is 6.04. The predicted octanol–water partition coefficient (Wildman–Crippen LogP) is 4.78. The summed E-state index contributed by atoms with van der Waals surface area (Å²) in [5.74, 6) is -0.551. The highest BCUT2D eigenvalue weighted by Gasteiger charge is 2.38. The summed E-state index contributed by atoms with van der Waals surface area (Å²) >= 11 is 0. The lowest BCUT2D eigenvalue weighted by atomic mass is 9.69. The smallest absolute Gasteiger partial charge is 0.325 e. The Kier molecular flexibility index (Phi) is 12.6. The lowest BCUT2D eigenvalue weighted by Crippen LogP contribution is -2.49. The summed E-state index contributed by atoms with van der Waals surface area (Å²) in [7, 11) is 0. The van der Waals surface area contributed by atoms with Crippen LogP contribution in [0.3, 0.4) is 0 Å². The SMILES string of the molecule is CCOC(=O)CN(CC(=O)OCC)C(=O)CC1(CCN2CCC(N(C(=O)c3ccco3)c3ccc(C)cn3)CC2)CCCCC1. The van der Waals surface area contributed by atoms with Gasteiger partial charge < -0.3 is 23.7 Å². The minimum absolute atomic E-state index is 0.0152. The van der Waals surface area contributed by atoms with Crippen LogP contribution >= 0.6 is 0 Å². The first kappa shape index (κ1) is 34.1. The first-order valence-electron chi connectivity index (χ1n) is 16.3. The Morgan fingerprint density at radius 3 is 2.20 bits per heavy atom. The van der Waals surface area contributed by atoms with Crippen molar-refractivity contribution < 1.29 is 33.1 Å². The predicted molar refractivity (Wildman–Crippen MR) is 169 cm³/mol. The van der Waals surface area contributed by atoms with Crippen LogP contribution in [0.4, 0.5) is 5.82 Å². The number of hydrogen-bond donors (Lipinski definition) is 0. The third-order valence-corrected chi connectivity index (χ3v) is 9.02. The molecule has 1 saturated heterocycles. The highest BCUT2D eigenvalue weighted by atomic mass is 16.5. The molecule has 0 atom stereocenters. The Hall–Kier alpha value is -3.73. The van der Waals surface area contributed by atoms with E-state index in [0.717, 1.165) is 76.6 Å². The van der Waals surface area contributed by atoms with Gasteiger partial charge in [0, 0.05) is 31.7 Å². The summed E-state index contributed by atoms with van der Waals surface area (Å²) in [6.07, 6.45) is 11.1. The zero-order chi connectivity index (χ0) is 32.2. The third kappa shape index (κ3) is 9.63. The number of esters is 2. The number of likely N-dealkylation sites (tertiary alicyclic amines) is 1. The van der Waals surface area contributed by atoms with Crippen molar-refractivity contribution in [2.75, 3.05) is 50.8 Å². The van der Waals surface area contributed by atoms with Crippen LogP contribution in [0.5, 0.6) is 0 Å². The lowest BCUT2D eigenvalue weighted by Gasteiger charge is -2.42. The Labute approximate surface area is 266 Å². The molecule has 0 spiro atoms. The van der Waals surface area contributed by atoms with E-state index in [1.165, 1.54) is 11.2 Å². The Morgan fingerprint density at radius 1 is 0.978 bits per heavy atom. The van der Waals surface area contributed by atoms with Crippen LogP contribution in [0.2, 0.25) is 0 Å². The molecule has 2 aromatic rings. The van der Waals surface area contributed by atoms with Gasteiger partial charge in [0.1, 0.15) is 18.9 Å². The minimum atomic E-state index is -0.531. The molecule has 3 heterocycles. The molecular formula is C34H48N4O7. The van der Waals surface area contributed by atoms with Crippen LogP contribution in [0, 0.1) is 12.3 Å². The van der Waals surface area contributed by atoms with E-state index in [1.807, 2.05) is 19.1 Å². The van der Waals surface area contributed by atoms with E-state index in [4.69, 9.17) is 13.9 Å². The van der Waals surface area contributed by atoms with E-state index in [-0.39, 0.29) is 56.0 Å². The average Bonchev–Trinajstić information content (AvgIpc) is 3.58. The summed E-state index contributed by atoms with van der Waals surface area (Å²) in [5.41, 5.74) is 0.833.